The second-order valence-electron chi connectivity index (χ2n) is 4.96. The van der Waals surface area contributed by atoms with Gasteiger partial charge in [-0.05, 0) is 6.07 Å². The Morgan fingerprint density at radius 2 is 1.77 bits per heavy atom. The van der Waals surface area contributed by atoms with Crippen LogP contribution in [-0.4, -0.2) is 14.8 Å². The number of nitro groups is 2. The minimum Gasteiger partial charge on any atom is -0.375 e. The average molecular weight is 370 g/mol. The van der Waals surface area contributed by atoms with Gasteiger partial charge in [-0.3, -0.25) is 20.2 Å². The van der Waals surface area contributed by atoms with Crippen LogP contribution in [0.4, 0.5) is 27.2 Å². The molecule has 2 N–H and O–H groups in total. The lowest BCUT2D eigenvalue weighted by Crippen LogP contribution is -1.89. The van der Waals surface area contributed by atoms with Crippen molar-refractivity contribution in [3.05, 3.63) is 68.8 Å². The number of nitrogens with zero attached hydrogens (tertiary/aromatic N) is 5. The van der Waals surface area contributed by atoms with Gasteiger partial charge in [0.25, 0.3) is 11.4 Å². The third-order valence-electron chi connectivity index (χ3n) is 3.28. The molecule has 0 fully saturated rings. The number of non-ortho nitro benzene ring substituents is 1. The topological polar surface area (TPSA) is 150 Å². The number of aromatic nitrogens is 1. The maximum Gasteiger partial charge on any atom is 0.296 e. The molecule has 0 saturated carbocycles. The van der Waals surface area contributed by atoms with Gasteiger partial charge >= 0.3 is 0 Å². The lowest BCUT2D eigenvalue weighted by molar-refractivity contribution is -0.384. The average Bonchev–Trinajstić information content (AvgIpc) is 3.01. The molecule has 11 heteroatoms. The fourth-order valence-corrected chi connectivity index (χ4v) is 2.83. The highest BCUT2D eigenvalue weighted by molar-refractivity contribution is 7.19. The molecule has 0 bridgehead atoms. The Kier molecular flexibility index (Phi) is 4.62. The van der Waals surface area contributed by atoms with E-state index in [9.17, 15) is 20.2 Å². The van der Waals surface area contributed by atoms with Gasteiger partial charge in [0.05, 0.1) is 9.85 Å². The van der Waals surface area contributed by atoms with Gasteiger partial charge in [0.1, 0.15) is 5.69 Å². The molecule has 1 heterocycles. The summed E-state index contributed by atoms with van der Waals surface area (Å²) in [6.45, 7) is 0. The van der Waals surface area contributed by atoms with E-state index in [2.05, 4.69) is 15.2 Å². The Labute approximate surface area is 149 Å². The molecular formula is C15H10N6O4S. The minimum atomic E-state index is -0.559. The Morgan fingerprint density at radius 3 is 2.50 bits per heavy atom. The van der Waals surface area contributed by atoms with Crippen molar-refractivity contribution in [2.24, 2.45) is 10.2 Å². The molecule has 26 heavy (non-hydrogen) atoms. The number of thiazole rings is 1. The van der Waals surface area contributed by atoms with E-state index in [1.807, 2.05) is 0 Å². The van der Waals surface area contributed by atoms with Crippen LogP contribution in [0.3, 0.4) is 0 Å². The van der Waals surface area contributed by atoms with Crippen molar-refractivity contribution < 1.29 is 9.85 Å². The number of azo groups is 1. The summed E-state index contributed by atoms with van der Waals surface area (Å²) in [6, 6.07) is 11.7. The first kappa shape index (κ1) is 17.1. The van der Waals surface area contributed by atoms with Gasteiger partial charge in [-0.1, -0.05) is 35.6 Å². The maximum absolute atomic E-state index is 11.0. The van der Waals surface area contributed by atoms with Gasteiger partial charge in [-0.25, -0.2) is 4.98 Å². The van der Waals surface area contributed by atoms with Crippen molar-refractivity contribution in [1.82, 2.24) is 4.98 Å². The highest BCUT2D eigenvalue weighted by atomic mass is 32.1. The molecule has 130 valence electrons. The number of benzene rings is 2. The number of para-hydroxylation sites is 1. The Morgan fingerprint density at radius 1 is 1.00 bits per heavy atom. The normalized spacial score (nSPS) is 10.9. The van der Waals surface area contributed by atoms with Crippen molar-refractivity contribution in [3.8, 4) is 11.3 Å². The van der Waals surface area contributed by atoms with E-state index in [1.54, 1.807) is 12.1 Å². The molecule has 0 aliphatic rings. The smallest absolute Gasteiger partial charge is 0.296 e. The van der Waals surface area contributed by atoms with E-state index < -0.39 is 9.85 Å². The summed E-state index contributed by atoms with van der Waals surface area (Å²) < 4.78 is 0. The molecule has 0 amide bonds. The van der Waals surface area contributed by atoms with E-state index in [-0.39, 0.29) is 22.2 Å². The monoisotopic (exact) mass is 370 g/mol. The fourth-order valence-electron chi connectivity index (χ4n) is 2.15. The lowest BCUT2D eigenvalue weighted by Gasteiger charge is -1.99. The van der Waals surface area contributed by atoms with E-state index in [4.69, 9.17) is 5.73 Å². The lowest BCUT2D eigenvalue weighted by atomic mass is 10.1. The first-order valence-electron chi connectivity index (χ1n) is 7.12. The third kappa shape index (κ3) is 3.52. The molecule has 0 spiro atoms. The molecule has 3 aromatic rings. The third-order valence-corrected chi connectivity index (χ3v) is 4.05. The maximum atomic E-state index is 11.0. The van der Waals surface area contributed by atoms with E-state index in [0.29, 0.717) is 16.3 Å². The van der Waals surface area contributed by atoms with Crippen molar-refractivity contribution in [1.29, 1.82) is 0 Å². The zero-order valence-corrected chi connectivity index (χ0v) is 13.8. The molecule has 0 saturated heterocycles. The summed E-state index contributed by atoms with van der Waals surface area (Å²) in [4.78, 5) is 25.0. The number of anilines is 1. The van der Waals surface area contributed by atoms with Crippen LogP contribution in [0, 0.1) is 20.2 Å². The number of nitrogens with two attached hydrogens (primary N) is 1. The van der Waals surface area contributed by atoms with E-state index in [1.165, 1.54) is 36.4 Å². The minimum absolute atomic E-state index is 0.0782. The van der Waals surface area contributed by atoms with Crippen LogP contribution >= 0.6 is 11.3 Å². The van der Waals surface area contributed by atoms with Gasteiger partial charge < -0.3 is 5.73 Å². The molecule has 0 aliphatic heterocycles. The highest BCUT2D eigenvalue weighted by Gasteiger charge is 2.16. The number of rotatable bonds is 5. The second kappa shape index (κ2) is 7.03. The standard InChI is InChI=1S/C15H10N6O4S/c16-15-17-13(9-4-3-5-10(8-9)20(22)23)14(26-15)19-18-11-6-1-2-7-12(11)21(24)25/h1-8H,(H2,16,17). The summed E-state index contributed by atoms with van der Waals surface area (Å²) in [5.74, 6) is 0. The van der Waals surface area contributed by atoms with Crippen LogP contribution in [0.5, 0.6) is 0 Å². The molecule has 1 aromatic heterocycles. The van der Waals surface area contributed by atoms with Crippen LogP contribution < -0.4 is 5.73 Å². The van der Waals surface area contributed by atoms with Crippen LogP contribution in [0.15, 0.2) is 58.8 Å². The summed E-state index contributed by atoms with van der Waals surface area (Å²) in [5, 5.41) is 30.4. The van der Waals surface area contributed by atoms with Gasteiger partial charge in [0.15, 0.2) is 15.8 Å². The highest BCUT2D eigenvalue weighted by Crippen LogP contribution is 2.39. The summed E-state index contributed by atoms with van der Waals surface area (Å²) >= 11 is 1.02. The zero-order valence-electron chi connectivity index (χ0n) is 13.0. The van der Waals surface area contributed by atoms with Gasteiger partial charge in [0, 0.05) is 23.8 Å². The first-order valence-corrected chi connectivity index (χ1v) is 7.93. The van der Waals surface area contributed by atoms with E-state index >= 15 is 0 Å². The van der Waals surface area contributed by atoms with Crippen molar-refractivity contribution in [2.45, 2.75) is 0 Å². The van der Waals surface area contributed by atoms with Gasteiger partial charge in [-0.2, -0.15) is 0 Å². The Hall–Kier alpha value is -3.73. The zero-order chi connectivity index (χ0) is 18.7. The molecule has 0 atom stereocenters. The van der Waals surface area contributed by atoms with Crippen LogP contribution in [0.25, 0.3) is 11.3 Å². The van der Waals surface area contributed by atoms with Crippen LogP contribution in [0.2, 0.25) is 0 Å². The molecular weight excluding hydrogens is 360 g/mol. The molecule has 3 rings (SSSR count). The summed E-state index contributed by atoms with van der Waals surface area (Å²) in [5.41, 5.74) is 6.28. The Bertz CT molecular complexity index is 1030. The fraction of sp³-hybridized carbons (Fsp3) is 0. The SMILES string of the molecule is Nc1nc(-c2cccc([N+](=O)[O-])c2)c(N=Nc2ccccc2[N+](=O)[O-])s1. The summed E-state index contributed by atoms with van der Waals surface area (Å²) in [6.07, 6.45) is 0. The molecule has 10 nitrogen and oxygen atoms in total. The second-order valence-corrected chi connectivity index (χ2v) is 5.97. The van der Waals surface area contributed by atoms with Crippen molar-refractivity contribution in [3.63, 3.8) is 0 Å². The summed E-state index contributed by atoms with van der Waals surface area (Å²) in [7, 11) is 0. The van der Waals surface area contributed by atoms with Gasteiger partial charge in [0.2, 0.25) is 0 Å². The van der Waals surface area contributed by atoms with Crippen LogP contribution in [-0.2, 0) is 0 Å². The number of hydrogen-bond donors (Lipinski definition) is 1. The number of nitro benzene ring substituents is 2. The number of hydrogen-bond acceptors (Lipinski definition) is 9. The first-order chi connectivity index (χ1) is 12.5. The predicted molar refractivity (Wildman–Crippen MR) is 95.9 cm³/mol. The van der Waals surface area contributed by atoms with E-state index in [0.717, 1.165) is 11.3 Å². The Balaban J connectivity index is 2.02. The molecule has 2 aromatic carbocycles. The molecule has 0 radical (unpaired) electrons. The number of nitrogen functional groups attached to an aromatic ring is 1. The quantitative estimate of drug-likeness (QED) is 0.393. The van der Waals surface area contributed by atoms with Crippen molar-refractivity contribution >= 4 is 38.5 Å². The van der Waals surface area contributed by atoms with Crippen molar-refractivity contribution in [2.75, 3.05) is 5.73 Å². The van der Waals surface area contributed by atoms with Gasteiger partial charge in [-0.15, -0.1) is 10.2 Å². The molecule has 0 unspecified atom stereocenters. The predicted octanol–water partition coefficient (Wildman–Crippen LogP) is 4.62. The van der Waals surface area contributed by atoms with Crippen LogP contribution in [0.1, 0.15) is 0 Å². The largest absolute Gasteiger partial charge is 0.375 e. The molecule has 0 aliphatic carbocycles.